The average molecular weight is 470 g/mol. The zero-order valence-corrected chi connectivity index (χ0v) is 16.3. The van der Waals surface area contributed by atoms with Crippen LogP contribution in [0.3, 0.4) is 0 Å². The number of aromatic amines is 1. The number of hydrogen-bond acceptors (Lipinski definition) is 6. The number of benzene rings is 1. The Morgan fingerprint density at radius 3 is 2.38 bits per heavy atom. The smallest absolute Gasteiger partial charge is 0.330 e. The van der Waals surface area contributed by atoms with E-state index in [1.54, 1.807) is 18.2 Å². The minimum atomic E-state index is -0.876. The summed E-state index contributed by atoms with van der Waals surface area (Å²) in [6.45, 7) is -1.40. The molecule has 0 fully saturated rings. The number of nitrogens with zero attached hydrogens (tertiary/aromatic N) is 1. The van der Waals surface area contributed by atoms with Gasteiger partial charge in [-0.05, 0) is 28.1 Å². The summed E-state index contributed by atoms with van der Waals surface area (Å²) in [6.07, 6.45) is -0.876. The molecule has 0 bridgehead atoms. The number of ether oxygens (including phenoxy) is 2. The molecule has 26 heavy (non-hydrogen) atoms. The number of halogens is 3. The molecule has 2 aromatic rings. The lowest BCUT2D eigenvalue weighted by atomic mass is 10.3. The van der Waals surface area contributed by atoms with Crippen LogP contribution in [0.4, 0.5) is 0 Å². The molecule has 1 heterocycles. The molecule has 0 aliphatic carbocycles. The molecule has 0 unspecified atom stereocenters. The zero-order valence-electron chi connectivity index (χ0n) is 13.2. The molecule has 0 aliphatic rings. The summed E-state index contributed by atoms with van der Waals surface area (Å²) in [5.74, 6) is 0.200. The summed E-state index contributed by atoms with van der Waals surface area (Å²) in [6, 6.07) is 4.81. The molecule has 0 atom stereocenters. The van der Waals surface area contributed by atoms with E-state index in [9.17, 15) is 9.59 Å². The quantitative estimate of drug-likeness (QED) is 0.540. The van der Waals surface area contributed by atoms with E-state index in [1.165, 1.54) is 0 Å². The van der Waals surface area contributed by atoms with Crippen molar-refractivity contribution in [1.82, 2.24) is 9.55 Å². The molecule has 0 aliphatic heterocycles. The Balaban J connectivity index is 2.34. The molecular formula is C15H15BrCl2N2O6. The summed E-state index contributed by atoms with van der Waals surface area (Å²) < 4.78 is 12.0. The van der Waals surface area contributed by atoms with Crippen molar-refractivity contribution in [2.75, 3.05) is 13.2 Å². The van der Waals surface area contributed by atoms with Crippen LogP contribution in [0.2, 0.25) is 10.0 Å². The van der Waals surface area contributed by atoms with E-state index in [2.05, 4.69) is 20.9 Å². The Kier molecular flexibility index (Phi) is 7.69. The molecule has 142 valence electrons. The third-order valence-electron chi connectivity index (χ3n) is 3.36. The predicted octanol–water partition coefficient (Wildman–Crippen LogP) is 1.51. The molecule has 8 nitrogen and oxygen atoms in total. The molecule has 1 aromatic heterocycles. The first-order valence-corrected chi connectivity index (χ1v) is 8.85. The van der Waals surface area contributed by atoms with Crippen LogP contribution in [-0.4, -0.2) is 39.1 Å². The molecule has 0 amide bonds. The third-order valence-corrected chi connectivity index (χ3v) is 4.78. The summed E-state index contributed by atoms with van der Waals surface area (Å²) in [7, 11) is 0. The normalized spacial score (nSPS) is 11.2. The molecule has 0 saturated heterocycles. The Morgan fingerprint density at radius 1 is 1.19 bits per heavy atom. The van der Waals surface area contributed by atoms with Gasteiger partial charge in [-0.3, -0.25) is 14.3 Å². The Hall–Kier alpha value is -1.36. The SMILES string of the molecule is O=c1[nH]c(=O)n(COC(CO)CO)c(COc2c(Cl)cccc2Cl)c1Br. The fourth-order valence-corrected chi connectivity index (χ4v) is 2.91. The number of hydrogen-bond donors (Lipinski definition) is 3. The first-order chi connectivity index (χ1) is 12.4. The largest absolute Gasteiger partial charge is 0.484 e. The third kappa shape index (κ3) is 4.87. The summed E-state index contributed by atoms with van der Waals surface area (Å²) in [5.41, 5.74) is -1.21. The second-order valence-corrected chi connectivity index (χ2v) is 6.68. The van der Waals surface area contributed by atoms with Crippen LogP contribution in [0, 0.1) is 0 Å². The van der Waals surface area contributed by atoms with E-state index in [4.69, 9.17) is 42.9 Å². The second-order valence-electron chi connectivity index (χ2n) is 5.07. The molecule has 2 rings (SSSR count). The van der Waals surface area contributed by atoms with E-state index in [0.29, 0.717) is 0 Å². The van der Waals surface area contributed by atoms with Crippen LogP contribution >= 0.6 is 39.1 Å². The van der Waals surface area contributed by atoms with E-state index in [-0.39, 0.29) is 39.3 Å². The number of H-pyrrole nitrogens is 1. The van der Waals surface area contributed by atoms with Gasteiger partial charge >= 0.3 is 5.69 Å². The van der Waals surface area contributed by atoms with Crippen molar-refractivity contribution in [3.05, 3.63) is 59.2 Å². The van der Waals surface area contributed by atoms with Gasteiger partial charge in [0.15, 0.2) is 5.75 Å². The van der Waals surface area contributed by atoms with E-state index in [1.807, 2.05) is 0 Å². The van der Waals surface area contributed by atoms with Crippen LogP contribution < -0.4 is 16.0 Å². The average Bonchev–Trinajstić information content (AvgIpc) is 2.61. The highest BCUT2D eigenvalue weighted by Crippen LogP contribution is 2.33. The van der Waals surface area contributed by atoms with Gasteiger partial charge in [-0.2, -0.15) is 0 Å². The zero-order chi connectivity index (χ0) is 19.3. The van der Waals surface area contributed by atoms with E-state index in [0.717, 1.165) is 4.57 Å². The van der Waals surface area contributed by atoms with Crippen LogP contribution in [0.15, 0.2) is 32.3 Å². The molecule has 0 spiro atoms. The molecule has 11 heteroatoms. The maximum atomic E-state index is 12.1. The van der Waals surface area contributed by atoms with Gasteiger partial charge in [0.2, 0.25) is 0 Å². The lowest BCUT2D eigenvalue weighted by Gasteiger charge is -2.18. The van der Waals surface area contributed by atoms with Crippen molar-refractivity contribution in [3.63, 3.8) is 0 Å². The summed E-state index contributed by atoms with van der Waals surface area (Å²) in [4.78, 5) is 26.1. The Labute approximate surface area is 166 Å². The van der Waals surface area contributed by atoms with Crippen LogP contribution in [-0.2, 0) is 18.1 Å². The minimum Gasteiger partial charge on any atom is -0.484 e. The number of rotatable bonds is 8. The number of para-hydroxylation sites is 1. The molecular weight excluding hydrogens is 455 g/mol. The van der Waals surface area contributed by atoms with Gasteiger partial charge in [-0.15, -0.1) is 0 Å². The maximum absolute atomic E-state index is 12.1. The summed E-state index contributed by atoms with van der Waals surface area (Å²) in [5, 5.41) is 18.7. The Morgan fingerprint density at radius 2 is 1.81 bits per heavy atom. The van der Waals surface area contributed by atoms with Crippen molar-refractivity contribution in [2.45, 2.75) is 19.4 Å². The number of aliphatic hydroxyl groups is 2. The highest BCUT2D eigenvalue weighted by Gasteiger charge is 2.17. The van der Waals surface area contributed by atoms with E-state index < -0.39 is 30.6 Å². The monoisotopic (exact) mass is 468 g/mol. The topological polar surface area (TPSA) is 114 Å². The number of aromatic nitrogens is 2. The van der Waals surface area contributed by atoms with E-state index >= 15 is 0 Å². The van der Waals surface area contributed by atoms with Crippen LogP contribution in [0.25, 0.3) is 0 Å². The lowest BCUT2D eigenvalue weighted by Crippen LogP contribution is -2.36. The van der Waals surface area contributed by atoms with Gasteiger partial charge in [-0.1, -0.05) is 29.3 Å². The van der Waals surface area contributed by atoms with Crippen LogP contribution in [0.1, 0.15) is 5.69 Å². The molecule has 0 saturated carbocycles. The summed E-state index contributed by atoms with van der Waals surface area (Å²) >= 11 is 15.2. The fourth-order valence-electron chi connectivity index (χ4n) is 1.97. The van der Waals surface area contributed by atoms with Gasteiger partial charge in [0.25, 0.3) is 5.56 Å². The number of aliphatic hydroxyl groups excluding tert-OH is 2. The van der Waals surface area contributed by atoms with Gasteiger partial charge in [0.05, 0.1) is 29.0 Å². The van der Waals surface area contributed by atoms with Gasteiger partial charge < -0.3 is 19.7 Å². The first kappa shape index (κ1) is 20.9. The predicted molar refractivity (Wildman–Crippen MR) is 98.9 cm³/mol. The lowest BCUT2D eigenvalue weighted by molar-refractivity contribution is -0.0527. The fraction of sp³-hybridized carbons (Fsp3) is 0.333. The first-order valence-electron chi connectivity index (χ1n) is 7.30. The highest BCUT2D eigenvalue weighted by atomic mass is 79.9. The molecule has 3 N–H and O–H groups in total. The van der Waals surface area contributed by atoms with Gasteiger partial charge in [0.1, 0.15) is 23.9 Å². The van der Waals surface area contributed by atoms with Crippen molar-refractivity contribution in [3.8, 4) is 5.75 Å². The Bertz CT molecular complexity index is 861. The second kappa shape index (κ2) is 9.54. The minimum absolute atomic E-state index is 0.0634. The van der Waals surface area contributed by atoms with Gasteiger partial charge in [-0.25, -0.2) is 4.79 Å². The standard InChI is InChI=1S/C15H15BrCl2N2O6/c16-12-11(6-25-13-9(17)2-1-3-10(13)18)20(15(24)19-14(12)23)7-26-8(4-21)5-22/h1-3,8,21-22H,4-7H2,(H,19,23,24). The van der Waals surface area contributed by atoms with Crippen molar-refractivity contribution in [2.24, 2.45) is 0 Å². The number of nitrogens with one attached hydrogen (secondary N) is 1. The maximum Gasteiger partial charge on any atom is 0.330 e. The molecule has 0 radical (unpaired) electrons. The van der Waals surface area contributed by atoms with Crippen LogP contribution in [0.5, 0.6) is 5.75 Å². The highest BCUT2D eigenvalue weighted by molar-refractivity contribution is 9.10. The van der Waals surface area contributed by atoms with Crippen molar-refractivity contribution < 1.29 is 19.7 Å². The van der Waals surface area contributed by atoms with Crippen molar-refractivity contribution in [1.29, 1.82) is 0 Å². The van der Waals surface area contributed by atoms with Gasteiger partial charge in [0, 0.05) is 0 Å². The van der Waals surface area contributed by atoms with Crippen molar-refractivity contribution >= 4 is 39.1 Å². The molecule has 1 aromatic carbocycles.